The Morgan fingerprint density at radius 2 is 2.24 bits per heavy atom. The Morgan fingerprint density at radius 3 is 2.92 bits per heavy atom. The monoisotopic (exact) mass is 472 g/mol. The van der Waals surface area contributed by atoms with Crippen molar-refractivity contribution in [3.05, 3.63) is 52.5 Å². The third-order valence-corrected chi connectivity index (χ3v) is 4.82. The lowest BCUT2D eigenvalue weighted by atomic mass is 10.1. The highest BCUT2D eigenvalue weighted by Crippen LogP contribution is 2.15. The van der Waals surface area contributed by atoms with E-state index in [-0.39, 0.29) is 36.1 Å². The number of hydrogen-bond donors (Lipinski definition) is 2. The van der Waals surface area contributed by atoms with Crippen molar-refractivity contribution in [3.63, 3.8) is 0 Å². The van der Waals surface area contributed by atoms with E-state index < -0.39 is 0 Å². The van der Waals surface area contributed by atoms with Gasteiger partial charge in [0.05, 0.1) is 25.2 Å². The molecule has 1 aromatic carbocycles. The molecule has 2 N–H and O–H groups in total. The summed E-state index contributed by atoms with van der Waals surface area (Å²) in [6, 6.07) is 10.5. The quantitative estimate of drug-likeness (QED) is 0.384. The van der Waals surface area contributed by atoms with E-state index in [1.165, 1.54) is 5.56 Å². The minimum absolute atomic E-state index is 0. The summed E-state index contributed by atoms with van der Waals surface area (Å²) in [5, 5.41) is 9.90. The van der Waals surface area contributed by atoms with Crippen LogP contribution >= 0.6 is 35.3 Å². The Labute approximate surface area is 170 Å². The summed E-state index contributed by atoms with van der Waals surface area (Å²) in [7, 11) is 0. The van der Waals surface area contributed by atoms with Crippen LogP contribution in [0.1, 0.15) is 30.3 Å². The fourth-order valence-corrected chi connectivity index (χ4v) is 3.27. The van der Waals surface area contributed by atoms with Crippen LogP contribution in [0.2, 0.25) is 0 Å². The molecule has 0 radical (unpaired) electrons. The fraction of sp³-hybridized carbons (Fsp3) is 0.444. The van der Waals surface area contributed by atoms with Crippen LogP contribution < -0.4 is 10.6 Å². The standard InChI is InChI=1S/C18H24N4OS.HI/c1-14(16-8-5-10-23-16)22-18(21-13-17-19-9-11-24-17)20-12-15-6-3-2-4-7-15;/h2-4,6-7,9,11,14,16H,5,8,10,12-13H2,1H3,(H2,20,21,22);1H. The topological polar surface area (TPSA) is 58.5 Å². The molecule has 0 bridgehead atoms. The maximum absolute atomic E-state index is 5.77. The Balaban J connectivity index is 0.00000225. The van der Waals surface area contributed by atoms with Crippen LogP contribution in [0.3, 0.4) is 0 Å². The smallest absolute Gasteiger partial charge is 0.192 e. The predicted molar refractivity (Wildman–Crippen MR) is 114 cm³/mol. The van der Waals surface area contributed by atoms with Gasteiger partial charge < -0.3 is 15.4 Å². The zero-order chi connectivity index (χ0) is 16.6. The molecule has 2 atom stereocenters. The van der Waals surface area contributed by atoms with Gasteiger partial charge in [-0.3, -0.25) is 0 Å². The summed E-state index contributed by atoms with van der Waals surface area (Å²) >= 11 is 1.64. The second kappa shape index (κ2) is 10.7. The molecule has 2 aromatic rings. The van der Waals surface area contributed by atoms with Crippen molar-refractivity contribution in [2.45, 2.75) is 45.0 Å². The van der Waals surface area contributed by atoms with Gasteiger partial charge in [0.2, 0.25) is 0 Å². The number of guanidine groups is 1. The average Bonchev–Trinajstić information content (AvgIpc) is 3.31. The Kier molecular flexibility index (Phi) is 8.63. The molecule has 0 spiro atoms. The normalized spacial score (nSPS) is 18.4. The highest BCUT2D eigenvalue weighted by atomic mass is 127. The van der Waals surface area contributed by atoms with Crippen molar-refractivity contribution in [2.75, 3.05) is 6.61 Å². The molecular formula is C18H25IN4OS. The van der Waals surface area contributed by atoms with Gasteiger partial charge in [0.25, 0.3) is 0 Å². The van der Waals surface area contributed by atoms with E-state index in [2.05, 4.69) is 34.7 Å². The van der Waals surface area contributed by atoms with Crippen molar-refractivity contribution in [1.29, 1.82) is 0 Å². The van der Waals surface area contributed by atoms with E-state index in [0.29, 0.717) is 13.1 Å². The Bertz CT molecular complexity index is 630. The maximum Gasteiger partial charge on any atom is 0.192 e. The van der Waals surface area contributed by atoms with Crippen molar-refractivity contribution in [3.8, 4) is 0 Å². The van der Waals surface area contributed by atoms with Gasteiger partial charge in [-0.15, -0.1) is 35.3 Å². The molecule has 5 nitrogen and oxygen atoms in total. The van der Waals surface area contributed by atoms with Crippen molar-refractivity contribution in [1.82, 2.24) is 15.6 Å². The molecule has 136 valence electrons. The molecule has 0 saturated carbocycles. The number of rotatable bonds is 6. The molecule has 0 amide bonds. The largest absolute Gasteiger partial charge is 0.376 e. The molecule has 2 heterocycles. The molecule has 2 unspecified atom stereocenters. The summed E-state index contributed by atoms with van der Waals surface area (Å²) in [5.41, 5.74) is 1.19. The molecule has 1 aliphatic rings. The number of halogens is 1. The molecule has 1 aromatic heterocycles. The lowest BCUT2D eigenvalue weighted by Crippen LogP contribution is -2.46. The van der Waals surface area contributed by atoms with Gasteiger partial charge in [-0.25, -0.2) is 9.98 Å². The summed E-state index contributed by atoms with van der Waals surface area (Å²) in [5.74, 6) is 0.803. The average molecular weight is 472 g/mol. The zero-order valence-electron chi connectivity index (χ0n) is 14.4. The minimum atomic E-state index is 0. The van der Waals surface area contributed by atoms with E-state index in [1.807, 2.05) is 29.8 Å². The van der Waals surface area contributed by atoms with Gasteiger partial charge in [-0.1, -0.05) is 30.3 Å². The third kappa shape index (κ3) is 6.56. The number of aliphatic imine (C=N–C) groups is 1. The number of aromatic nitrogens is 1. The second-order valence-electron chi connectivity index (χ2n) is 5.91. The molecule has 25 heavy (non-hydrogen) atoms. The molecule has 1 aliphatic heterocycles. The van der Waals surface area contributed by atoms with E-state index >= 15 is 0 Å². The van der Waals surface area contributed by atoms with Crippen LogP contribution in [-0.4, -0.2) is 29.7 Å². The first kappa shape index (κ1) is 20.1. The summed E-state index contributed by atoms with van der Waals surface area (Å²) in [4.78, 5) is 9.03. The van der Waals surface area contributed by atoms with Crippen LogP contribution in [0, 0.1) is 0 Å². The van der Waals surface area contributed by atoms with Crippen LogP contribution in [0.25, 0.3) is 0 Å². The van der Waals surface area contributed by atoms with E-state index in [9.17, 15) is 0 Å². The first-order chi connectivity index (χ1) is 11.8. The van der Waals surface area contributed by atoms with Crippen LogP contribution in [0.15, 0.2) is 46.9 Å². The minimum Gasteiger partial charge on any atom is -0.376 e. The van der Waals surface area contributed by atoms with Crippen molar-refractivity contribution in [2.24, 2.45) is 4.99 Å². The first-order valence-corrected chi connectivity index (χ1v) is 9.28. The van der Waals surface area contributed by atoms with Gasteiger partial charge in [0, 0.05) is 18.2 Å². The van der Waals surface area contributed by atoms with Gasteiger partial charge >= 0.3 is 0 Å². The summed E-state index contributed by atoms with van der Waals surface area (Å²) in [6.45, 7) is 4.33. The van der Waals surface area contributed by atoms with E-state index in [1.54, 1.807) is 11.3 Å². The van der Waals surface area contributed by atoms with Crippen molar-refractivity contribution >= 4 is 41.3 Å². The number of hydrogen-bond acceptors (Lipinski definition) is 4. The summed E-state index contributed by atoms with van der Waals surface area (Å²) < 4.78 is 5.77. The molecule has 1 saturated heterocycles. The van der Waals surface area contributed by atoms with E-state index in [4.69, 9.17) is 9.73 Å². The van der Waals surface area contributed by atoms with Crippen LogP contribution in [0.4, 0.5) is 0 Å². The molecule has 1 fully saturated rings. The zero-order valence-corrected chi connectivity index (χ0v) is 17.5. The highest BCUT2D eigenvalue weighted by Gasteiger charge is 2.23. The Morgan fingerprint density at radius 1 is 1.40 bits per heavy atom. The number of nitrogens with one attached hydrogen (secondary N) is 2. The first-order valence-electron chi connectivity index (χ1n) is 8.40. The van der Waals surface area contributed by atoms with Crippen LogP contribution in [0.5, 0.6) is 0 Å². The second-order valence-corrected chi connectivity index (χ2v) is 6.89. The van der Waals surface area contributed by atoms with Gasteiger partial charge in [0.1, 0.15) is 5.01 Å². The SMILES string of the molecule is CC(NC(=NCc1ccccc1)NCc1nccs1)C1CCCO1.I. The molecule has 7 heteroatoms. The number of ether oxygens (including phenoxy) is 1. The van der Waals surface area contributed by atoms with Gasteiger partial charge in [-0.2, -0.15) is 0 Å². The molecule has 0 aliphatic carbocycles. The van der Waals surface area contributed by atoms with E-state index in [0.717, 1.165) is 30.4 Å². The fourth-order valence-electron chi connectivity index (χ4n) is 2.71. The highest BCUT2D eigenvalue weighted by molar-refractivity contribution is 14.0. The molecular weight excluding hydrogens is 447 g/mol. The maximum atomic E-state index is 5.77. The molecule has 3 rings (SSSR count). The number of benzene rings is 1. The summed E-state index contributed by atoms with van der Waals surface area (Å²) in [6.07, 6.45) is 4.32. The van der Waals surface area contributed by atoms with Gasteiger partial charge in [-0.05, 0) is 25.3 Å². The third-order valence-electron chi connectivity index (χ3n) is 4.04. The van der Waals surface area contributed by atoms with Crippen LogP contribution in [-0.2, 0) is 17.8 Å². The number of nitrogens with zero attached hydrogens (tertiary/aromatic N) is 2. The van der Waals surface area contributed by atoms with Crippen molar-refractivity contribution < 1.29 is 4.74 Å². The van der Waals surface area contributed by atoms with Gasteiger partial charge in [0.15, 0.2) is 5.96 Å². The number of thiazole rings is 1. The predicted octanol–water partition coefficient (Wildman–Crippen LogP) is 3.56. The Hall–Kier alpha value is -1.19. The lowest BCUT2D eigenvalue weighted by Gasteiger charge is -2.22. The lowest BCUT2D eigenvalue weighted by molar-refractivity contribution is 0.0890.